The highest BCUT2D eigenvalue weighted by Crippen LogP contribution is 2.38. The van der Waals surface area contributed by atoms with Crippen molar-refractivity contribution in [2.75, 3.05) is 25.6 Å². The lowest BCUT2D eigenvalue weighted by Crippen LogP contribution is -2.38. The van der Waals surface area contributed by atoms with E-state index in [0.717, 1.165) is 0 Å². The molecule has 2 heterocycles. The molecule has 0 radical (unpaired) electrons. The number of H-pyrrole nitrogens is 1. The number of nitrogens with zero attached hydrogens (tertiary/aromatic N) is 4. The van der Waals surface area contributed by atoms with Crippen LogP contribution in [0.1, 0.15) is 19.0 Å². The number of aromatic amines is 1. The number of nitriles is 1. The fraction of sp³-hybridized carbons (Fsp3) is 0.286. The first-order chi connectivity index (χ1) is 15.5. The largest absolute Gasteiger partial charge is 0.496 e. The third kappa shape index (κ3) is 5.71. The van der Waals surface area contributed by atoms with E-state index in [9.17, 15) is 4.79 Å². The number of carbonyl (C=O) groups is 1. The summed E-state index contributed by atoms with van der Waals surface area (Å²) in [4.78, 5) is 19.6. The molecule has 0 spiro atoms. The van der Waals surface area contributed by atoms with Crippen molar-refractivity contribution in [3.63, 3.8) is 0 Å². The number of nitrogens with one attached hydrogen (secondary N) is 3. The predicted octanol–water partition coefficient (Wildman–Crippen LogP) is 1.72. The average molecular weight is 436 g/mol. The molecule has 3 aromatic rings. The fourth-order valence-electron chi connectivity index (χ4n) is 2.79. The van der Waals surface area contributed by atoms with Gasteiger partial charge in [-0.15, -0.1) is 0 Å². The molecule has 0 aliphatic rings. The molecule has 5 N–H and O–H groups in total. The monoisotopic (exact) mass is 436 g/mol. The van der Waals surface area contributed by atoms with Gasteiger partial charge in [0, 0.05) is 12.6 Å². The number of carbonyl (C=O) groups excluding carboxylic acids is 1. The normalized spacial score (nSPS) is 11.3. The van der Waals surface area contributed by atoms with Gasteiger partial charge in [0.15, 0.2) is 11.5 Å². The topological polar surface area (TPSA) is 164 Å². The fourth-order valence-corrected chi connectivity index (χ4v) is 2.79. The van der Waals surface area contributed by atoms with Crippen LogP contribution in [-0.2, 0) is 4.79 Å². The van der Waals surface area contributed by atoms with Gasteiger partial charge in [-0.1, -0.05) is 6.07 Å². The van der Waals surface area contributed by atoms with Crippen molar-refractivity contribution in [2.45, 2.75) is 19.4 Å². The Labute approximate surface area is 185 Å². The number of hydrogen-bond acceptors (Lipinski definition) is 9. The third-order valence-corrected chi connectivity index (χ3v) is 4.37. The molecule has 0 unspecified atom stereocenters. The first-order valence-corrected chi connectivity index (χ1v) is 9.90. The summed E-state index contributed by atoms with van der Waals surface area (Å²) < 4.78 is 11.5. The van der Waals surface area contributed by atoms with E-state index in [4.69, 9.17) is 20.5 Å². The molecular formula is C21H24N8O3. The van der Waals surface area contributed by atoms with Gasteiger partial charge < -0.3 is 25.8 Å². The minimum atomic E-state index is -0.542. The molecule has 0 bridgehead atoms. The van der Waals surface area contributed by atoms with Crippen molar-refractivity contribution in [3.8, 4) is 28.8 Å². The van der Waals surface area contributed by atoms with Gasteiger partial charge in [-0.2, -0.15) is 10.4 Å². The lowest BCUT2D eigenvalue weighted by atomic mass is 10.1. The highest BCUT2D eigenvalue weighted by Gasteiger charge is 2.16. The molecule has 2 aromatic heterocycles. The summed E-state index contributed by atoms with van der Waals surface area (Å²) >= 11 is 0. The van der Waals surface area contributed by atoms with E-state index in [1.165, 1.54) is 12.4 Å². The van der Waals surface area contributed by atoms with Crippen molar-refractivity contribution in [1.82, 2.24) is 25.5 Å². The van der Waals surface area contributed by atoms with Gasteiger partial charge in [0.1, 0.15) is 23.4 Å². The highest BCUT2D eigenvalue weighted by molar-refractivity contribution is 5.80. The van der Waals surface area contributed by atoms with Crippen molar-refractivity contribution in [3.05, 3.63) is 42.4 Å². The Morgan fingerprint density at radius 3 is 2.78 bits per heavy atom. The zero-order valence-corrected chi connectivity index (χ0v) is 17.8. The molecule has 1 aromatic carbocycles. The number of benzene rings is 1. The Balaban J connectivity index is 1.70. The van der Waals surface area contributed by atoms with Gasteiger partial charge in [0.05, 0.1) is 43.4 Å². The zero-order valence-electron chi connectivity index (χ0n) is 17.8. The lowest BCUT2D eigenvalue weighted by molar-refractivity contribution is -0.121. The first-order valence-electron chi connectivity index (χ1n) is 9.90. The summed E-state index contributed by atoms with van der Waals surface area (Å²) in [5.74, 6) is 1.98. The van der Waals surface area contributed by atoms with E-state index in [1.54, 1.807) is 20.1 Å². The molecule has 166 valence electrons. The second kappa shape index (κ2) is 10.7. The summed E-state index contributed by atoms with van der Waals surface area (Å²) in [6.07, 6.45) is 3.44. The quantitative estimate of drug-likeness (QED) is 0.346. The molecule has 11 heteroatoms. The van der Waals surface area contributed by atoms with Crippen LogP contribution in [0.2, 0.25) is 0 Å². The van der Waals surface area contributed by atoms with Gasteiger partial charge in [-0.25, -0.2) is 9.97 Å². The Bertz CT molecular complexity index is 1090. The Morgan fingerprint density at radius 2 is 2.09 bits per heavy atom. The molecule has 1 atom stereocenters. The number of methoxy groups -OCH3 is 1. The molecule has 1 amide bonds. The van der Waals surface area contributed by atoms with Crippen LogP contribution in [0.4, 0.5) is 11.6 Å². The summed E-state index contributed by atoms with van der Waals surface area (Å²) in [6.45, 7) is 2.48. The van der Waals surface area contributed by atoms with Crippen molar-refractivity contribution in [2.24, 2.45) is 5.73 Å². The van der Waals surface area contributed by atoms with Crippen molar-refractivity contribution in [1.29, 1.82) is 5.26 Å². The summed E-state index contributed by atoms with van der Waals surface area (Å²) in [5.41, 5.74) is 7.14. The predicted molar refractivity (Wildman–Crippen MR) is 117 cm³/mol. The van der Waals surface area contributed by atoms with Gasteiger partial charge in [-0.3, -0.25) is 9.89 Å². The lowest BCUT2D eigenvalue weighted by Gasteiger charge is -2.14. The number of rotatable bonds is 10. The second-order valence-corrected chi connectivity index (χ2v) is 6.81. The molecular weight excluding hydrogens is 412 g/mol. The zero-order chi connectivity index (χ0) is 22.9. The molecule has 0 saturated carbocycles. The van der Waals surface area contributed by atoms with Crippen LogP contribution < -0.4 is 25.8 Å². The van der Waals surface area contributed by atoms with E-state index >= 15 is 0 Å². The van der Waals surface area contributed by atoms with Crippen LogP contribution in [0.5, 0.6) is 11.5 Å². The van der Waals surface area contributed by atoms with Crippen LogP contribution in [0, 0.1) is 11.3 Å². The summed E-state index contributed by atoms with van der Waals surface area (Å²) in [5, 5.41) is 21.8. The molecule has 0 aliphatic heterocycles. The molecule has 0 fully saturated rings. The second-order valence-electron chi connectivity index (χ2n) is 6.81. The van der Waals surface area contributed by atoms with E-state index in [0.29, 0.717) is 54.0 Å². The van der Waals surface area contributed by atoms with Gasteiger partial charge >= 0.3 is 0 Å². The van der Waals surface area contributed by atoms with Crippen molar-refractivity contribution < 1.29 is 14.3 Å². The van der Waals surface area contributed by atoms with Crippen LogP contribution in [0.3, 0.4) is 0 Å². The number of hydrogen-bond donors (Lipinski definition) is 4. The number of ether oxygens (including phenoxy) is 2. The summed E-state index contributed by atoms with van der Waals surface area (Å²) in [6, 6.07) is 8.65. The molecule has 3 rings (SSSR count). The maximum Gasteiger partial charge on any atom is 0.236 e. The van der Waals surface area contributed by atoms with Crippen LogP contribution in [0.15, 0.2) is 36.7 Å². The smallest absolute Gasteiger partial charge is 0.236 e. The number of amides is 1. The summed E-state index contributed by atoms with van der Waals surface area (Å²) in [7, 11) is 1.58. The van der Waals surface area contributed by atoms with E-state index in [2.05, 4.69) is 30.8 Å². The first kappa shape index (κ1) is 22.5. The maximum atomic E-state index is 11.5. The Hall–Kier alpha value is -4.17. The molecule has 32 heavy (non-hydrogen) atoms. The third-order valence-electron chi connectivity index (χ3n) is 4.37. The average Bonchev–Trinajstić information content (AvgIpc) is 3.26. The Morgan fingerprint density at radius 1 is 1.28 bits per heavy atom. The minimum absolute atomic E-state index is 0.198. The number of nitrogens with two attached hydrogens (primary N) is 1. The van der Waals surface area contributed by atoms with Crippen LogP contribution >= 0.6 is 0 Å². The van der Waals surface area contributed by atoms with Crippen LogP contribution in [0.25, 0.3) is 11.3 Å². The maximum absolute atomic E-state index is 11.5. The van der Waals surface area contributed by atoms with E-state index in [-0.39, 0.29) is 11.6 Å². The number of anilines is 2. The van der Waals surface area contributed by atoms with Crippen molar-refractivity contribution >= 4 is 17.5 Å². The molecule has 0 aliphatic carbocycles. The SMILES string of the molecule is COc1cccc(OCCCNC(=O)[C@H](C)N)c1-c1cc(Nc2cnc(C#N)cn2)n[nH]1. The highest BCUT2D eigenvalue weighted by atomic mass is 16.5. The van der Waals surface area contributed by atoms with E-state index in [1.807, 2.05) is 24.3 Å². The minimum Gasteiger partial charge on any atom is -0.496 e. The van der Waals surface area contributed by atoms with Gasteiger partial charge in [0.25, 0.3) is 0 Å². The molecule has 11 nitrogen and oxygen atoms in total. The number of aromatic nitrogens is 4. The van der Waals surface area contributed by atoms with Crippen LogP contribution in [-0.4, -0.2) is 52.4 Å². The standard InChI is InChI=1S/C21H24N8O3/c1-13(23)21(30)24-7-4-8-32-17-6-3-5-16(31-2)20(17)15-9-18(29-28-15)27-19-12-25-14(10-22)11-26-19/h3,5-6,9,11-13H,4,7-8,23H2,1-2H3,(H,24,30)(H2,26,27,28,29)/t13-/m0/s1. The Kier molecular flexibility index (Phi) is 7.55. The van der Waals surface area contributed by atoms with E-state index < -0.39 is 6.04 Å². The van der Waals surface area contributed by atoms with Gasteiger partial charge in [0.2, 0.25) is 5.91 Å². The molecule has 0 saturated heterocycles. The van der Waals surface area contributed by atoms with Gasteiger partial charge in [-0.05, 0) is 25.5 Å².